The van der Waals surface area contributed by atoms with E-state index in [9.17, 15) is 0 Å². The first-order valence-electron chi connectivity index (χ1n) is 0. The van der Waals surface area contributed by atoms with Gasteiger partial charge in [0.25, 0.3) is 0 Å². The van der Waals surface area contributed by atoms with Crippen molar-refractivity contribution in [3.63, 3.8) is 0 Å². The van der Waals surface area contributed by atoms with E-state index in [0.717, 1.165) is 0 Å². The molecule has 1 radical (unpaired) electrons. The van der Waals surface area contributed by atoms with Crippen molar-refractivity contribution in [3.05, 3.63) is 0 Å². The Morgan fingerprint density at radius 1 is 1.00 bits per heavy atom. The van der Waals surface area contributed by atoms with Crippen molar-refractivity contribution in [3.8, 4) is 0 Å². The maximum absolute atomic E-state index is 0. The summed E-state index contributed by atoms with van der Waals surface area (Å²) >= 11 is 0. The molecule has 0 spiro atoms. The van der Waals surface area contributed by atoms with Gasteiger partial charge in [-0.3, -0.25) is 0 Å². The average molecular weight is 355 g/mol. The van der Waals surface area contributed by atoms with Gasteiger partial charge in [0.15, 0.2) is 0 Å². The molecule has 0 amide bonds. The molecule has 5 heavy (non-hydrogen) atoms. The van der Waals surface area contributed by atoms with Crippen molar-refractivity contribution in [1.82, 2.24) is 0 Å². The van der Waals surface area contributed by atoms with Crippen LogP contribution < -0.4 is 0 Å². The third kappa shape index (κ3) is 18.1. The van der Waals surface area contributed by atoms with Crippen molar-refractivity contribution >= 4 is 45.5 Å². The summed E-state index contributed by atoms with van der Waals surface area (Å²) < 4.78 is 0. The van der Waals surface area contributed by atoms with Crippen LogP contribution >= 0.6 is 0 Å². The predicted molar refractivity (Wildman–Crippen MR) is 6.44 cm³/mol. The zero-order chi connectivity index (χ0) is 0. The molecule has 0 heterocycles. The van der Waals surface area contributed by atoms with Crippen molar-refractivity contribution in [2.45, 2.75) is 0 Å². The number of hydrogen-bond donors (Lipinski definition) is 0. The third-order valence-electron chi connectivity index (χ3n) is 0. The summed E-state index contributed by atoms with van der Waals surface area (Å²) in [5.41, 5.74) is 0. The van der Waals surface area contributed by atoms with E-state index >= 15 is 0 Å². The third-order valence-corrected chi connectivity index (χ3v) is 0. The van der Waals surface area contributed by atoms with Gasteiger partial charge in [-0.25, -0.2) is 0 Å². The van der Waals surface area contributed by atoms with Gasteiger partial charge in [0.1, 0.15) is 0 Å². The van der Waals surface area contributed by atoms with E-state index in [1.54, 1.807) is 0 Å². The molecule has 0 aromatic carbocycles. The van der Waals surface area contributed by atoms with Crippen LogP contribution in [-0.4, -0.2) is 45.5 Å². The molecule has 0 saturated carbocycles. The molecule has 0 aliphatic carbocycles. The van der Waals surface area contributed by atoms with Crippen LogP contribution in [0.3, 0.4) is 0 Å². The van der Waals surface area contributed by atoms with Crippen LogP contribution in [0.15, 0.2) is 0 Å². The predicted octanol–water partition coefficient (Wildman–Crippen LogP) is -0.505. The molecule has 0 fully saturated rings. The molecule has 0 bridgehead atoms. The second-order valence-corrected chi connectivity index (χ2v) is 0. The topological polar surface area (TPSA) is 28.5 Å². The smallest absolute Gasteiger partial charge is 2.00 e. The Morgan fingerprint density at radius 3 is 1.00 bits per heavy atom. The molecule has 0 aliphatic rings. The van der Waals surface area contributed by atoms with Crippen LogP contribution in [0.2, 0.25) is 0 Å². The monoisotopic (exact) mass is 356 g/mol. The van der Waals surface area contributed by atoms with E-state index in [1.807, 2.05) is 0 Å². The van der Waals surface area contributed by atoms with Gasteiger partial charge in [-0.2, -0.15) is 0 Å². The molecule has 0 saturated heterocycles. The van der Waals surface area contributed by atoms with Gasteiger partial charge in [0.2, 0.25) is 0 Å². The quantitative estimate of drug-likeness (QED) is 0.524. The zero-order valence-electron chi connectivity index (χ0n) is 2.42. The van der Waals surface area contributed by atoms with E-state index in [0.29, 0.717) is 0 Å². The number of hydrogen-bond acceptors (Lipinski definition) is 0. The molecule has 0 aromatic heterocycles. The second-order valence-electron chi connectivity index (χ2n) is 0. The molecule has 0 aromatic rings. The standard InChI is InChI=1S/Fe.Mn.O.Pr.Sr/q2*+2;-2;+3;+2. The molecule has 19 valence electrons. The zero-order valence-corrected chi connectivity index (χ0v) is 11.9. The average Bonchev–Trinajstić information content (AvgIpc) is 0. The van der Waals surface area contributed by atoms with Gasteiger partial charge in [-0.15, -0.1) is 0 Å². The maximum Gasteiger partial charge on any atom is 3.00 e. The second kappa shape index (κ2) is 24.9. The van der Waals surface area contributed by atoms with Crippen LogP contribution in [0.25, 0.3) is 0 Å². The van der Waals surface area contributed by atoms with Gasteiger partial charge in [-0.05, 0) is 0 Å². The Kier molecular flexibility index (Phi) is 183. The molecule has 1 nitrogen and oxygen atoms in total. The normalized spacial score (nSPS) is 0. The van der Waals surface area contributed by atoms with Crippen molar-refractivity contribution < 1.29 is 80.9 Å². The Bertz CT molecular complexity index is 11.6. The van der Waals surface area contributed by atoms with E-state index in [-0.39, 0.29) is 126 Å². The first-order chi connectivity index (χ1) is 0. The van der Waals surface area contributed by atoms with E-state index in [1.165, 1.54) is 0 Å². The van der Waals surface area contributed by atoms with Gasteiger partial charge in [0.05, 0.1) is 0 Å². The molecule has 0 N–H and O–H groups in total. The maximum atomic E-state index is 0. The molecule has 0 aliphatic heterocycles. The van der Waals surface area contributed by atoms with E-state index in [2.05, 4.69) is 0 Å². The Morgan fingerprint density at radius 2 is 1.00 bits per heavy atom. The number of rotatable bonds is 0. The minimum atomic E-state index is 0. The van der Waals surface area contributed by atoms with Crippen LogP contribution in [0.1, 0.15) is 0 Å². The van der Waals surface area contributed by atoms with E-state index < -0.39 is 0 Å². The van der Waals surface area contributed by atoms with Gasteiger partial charge >= 0.3 is 121 Å². The summed E-state index contributed by atoms with van der Waals surface area (Å²) in [5, 5.41) is 0. The molecule has 0 atom stereocenters. The van der Waals surface area contributed by atoms with Crippen LogP contribution in [-0.2, 0) is 39.6 Å². The Labute approximate surface area is 123 Å². The summed E-state index contributed by atoms with van der Waals surface area (Å²) in [6, 6.07) is 0. The molecule has 0 unspecified atom stereocenters. The van der Waals surface area contributed by atoms with Gasteiger partial charge in [-0.1, -0.05) is 0 Å². The summed E-state index contributed by atoms with van der Waals surface area (Å²) in [7, 11) is 0. The van der Waals surface area contributed by atoms with Crippen LogP contribution in [0.4, 0.5) is 0 Å². The molecular weight excluding hydrogens is 355 g/mol. The molecule has 5 heteroatoms. The minimum absolute atomic E-state index is 0. The fraction of sp³-hybridized carbons (Fsp3) is 0. The summed E-state index contributed by atoms with van der Waals surface area (Å²) in [6.07, 6.45) is 0. The fourth-order valence-electron chi connectivity index (χ4n) is 0. The molecular formula is FeMnOPrSr+7. The van der Waals surface area contributed by atoms with Crippen LogP contribution in [0.5, 0.6) is 0 Å². The minimum Gasteiger partial charge on any atom is -2.00 e. The SMILES string of the molecule is [Fe+2].[Mn+2].[O-2].[Pr+3].[Sr+2]. The fourth-order valence-corrected chi connectivity index (χ4v) is 0. The Hall–Kier alpha value is 3.84. The largest absolute Gasteiger partial charge is 3.00 e. The Balaban J connectivity index is 0. The van der Waals surface area contributed by atoms with Gasteiger partial charge in [0, 0.05) is 0 Å². The van der Waals surface area contributed by atoms with Crippen LogP contribution in [0, 0.1) is 41.3 Å². The first kappa shape index (κ1) is 36.8. The summed E-state index contributed by atoms with van der Waals surface area (Å²) in [6.45, 7) is 0. The summed E-state index contributed by atoms with van der Waals surface area (Å²) in [5.74, 6) is 0. The van der Waals surface area contributed by atoms with E-state index in [4.69, 9.17) is 0 Å². The van der Waals surface area contributed by atoms with Crippen molar-refractivity contribution in [1.29, 1.82) is 0 Å². The van der Waals surface area contributed by atoms with Gasteiger partial charge < -0.3 is 5.48 Å². The summed E-state index contributed by atoms with van der Waals surface area (Å²) in [4.78, 5) is 0. The van der Waals surface area contributed by atoms with Crippen molar-refractivity contribution in [2.75, 3.05) is 0 Å². The van der Waals surface area contributed by atoms with Crippen molar-refractivity contribution in [2.24, 2.45) is 0 Å². The first-order valence-corrected chi connectivity index (χ1v) is 0. The molecule has 0 rings (SSSR count).